The molecule has 0 unspecified atom stereocenters. The third-order valence-electron chi connectivity index (χ3n) is 2.36. The van der Waals surface area contributed by atoms with Crippen molar-refractivity contribution in [2.45, 2.75) is 5.03 Å². The van der Waals surface area contributed by atoms with Crippen LogP contribution in [0.1, 0.15) is 10.4 Å². The smallest absolute Gasteiger partial charge is 0.255 e. The van der Waals surface area contributed by atoms with Gasteiger partial charge in [0.05, 0.1) is 11.9 Å². The van der Waals surface area contributed by atoms with Gasteiger partial charge in [0.15, 0.2) is 14.9 Å². The average molecular weight is 295 g/mol. The number of sulfone groups is 1. The van der Waals surface area contributed by atoms with Gasteiger partial charge < -0.3 is 5.32 Å². The SMILES string of the molecule is CS(=O)(=O)c1ccc(NC(=O)c2ccnc(F)c2)cn1. The first kappa shape index (κ1) is 14.1. The Balaban J connectivity index is 2.16. The third-order valence-corrected chi connectivity index (χ3v) is 3.36. The molecule has 104 valence electrons. The molecule has 0 bridgehead atoms. The third kappa shape index (κ3) is 3.35. The molecule has 1 amide bonds. The molecule has 2 aromatic rings. The number of hydrogen-bond donors (Lipinski definition) is 1. The van der Waals surface area contributed by atoms with Gasteiger partial charge in [0.25, 0.3) is 5.91 Å². The van der Waals surface area contributed by atoms with Gasteiger partial charge in [-0.1, -0.05) is 0 Å². The molecule has 2 rings (SSSR count). The van der Waals surface area contributed by atoms with E-state index in [2.05, 4.69) is 15.3 Å². The summed E-state index contributed by atoms with van der Waals surface area (Å²) in [6, 6.07) is 5.03. The molecule has 0 radical (unpaired) electrons. The second-order valence-electron chi connectivity index (χ2n) is 3.98. The number of carbonyl (C=O) groups excluding carboxylic acids is 1. The Morgan fingerprint density at radius 2 is 2.00 bits per heavy atom. The minimum absolute atomic E-state index is 0.0922. The molecule has 8 heteroatoms. The summed E-state index contributed by atoms with van der Waals surface area (Å²) in [7, 11) is -3.39. The summed E-state index contributed by atoms with van der Waals surface area (Å²) in [4.78, 5) is 18.9. The lowest BCUT2D eigenvalue weighted by Crippen LogP contribution is -2.13. The van der Waals surface area contributed by atoms with E-state index in [1.807, 2.05) is 0 Å². The van der Waals surface area contributed by atoms with Crippen molar-refractivity contribution < 1.29 is 17.6 Å². The van der Waals surface area contributed by atoms with Crippen LogP contribution in [0.3, 0.4) is 0 Å². The normalized spacial score (nSPS) is 11.1. The molecule has 0 aliphatic heterocycles. The van der Waals surface area contributed by atoms with Crippen molar-refractivity contribution in [1.82, 2.24) is 9.97 Å². The fourth-order valence-corrected chi connectivity index (χ4v) is 1.98. The molecule has 0 fully saturated rings. The number of hydrogen-bond acceptors (Lipinski definition) is 5. The van der Waals surface area contributed by atoms with E-state index in [1.165, 1.54) is 30.6 Å². The Hall–Kier alpha value is -2.35. The van der Waals surface area contributed by atoms with Crippen LogP contribution in [-0.4, -0.2) is 30.5 Å². The molecule has 6 nitrogen and oxygen atoms in total. The number of nitrogens with zero attached hydrogens (tertiary/aromatic N) is 2. The number of amides is 1. The van der Waals surface area contributed by atoms with Gasteiger partial charge in [-0.2, -0.15) is 4.39 Å². The lowest BCUT2D eigenvalue weighted by molar-refractivity contribution is 0.102. The Morgan fingerprint density at radius 1 is 1.25 bits per heavy atom. The molecule has 2 aromatic heterocycles. The molecule has 1 N–H and O–H groups in total. The number of rotatable bonds is 3. The summed E-state index contributed by atoms with van der Waals surface area (Å²) in [5.41, 5.74) is 0.407. The van der Waals surface area contributed by atoms with Crippen molar-refractivity contribution in [3.05, 3.63) is 48.2 Å². The number of anilines is 1. The first-order valence-electron chi connectivity index (χ1n) is 5.45. The highest BCUT2D eigenvalue weighted by molar-refractivity contribution is 7.90. The largest absolute Gasteiger partial charge is 0.321 e. The lowest BCUT2D eigenvalue weighted by Gasteiger charge is -2.05. The molecule has 20 heavy (non-hydrogen) atoms. The number of pyridine rings is 2. The molecule has 0 atom stereocenters. The van der Waals surface area contributed by atoms with Crippen molar-refractivity contribution in [3.63, 3.8) is 0 Å². The molecule has 0 saturated heterocycles. The Morgan fingerprint density at radius 3 is 2.55 bits per heavy atom. The predicted octanol–water partition coefficient (Wildman–Crippen LogP) is 1.27. The minimum Gasteiger partial charge on any atom is -0.321 e. The van der Waals surface area contributed by atoms with E-state index >= 15 is 0 Å². The van der Waals surface area contributed by atoms with Crippen LogP contribution in [0.25, 0.3) is 0 Å². The second-order valence-corrected chi connectivity index (χ2v) is 5.94. The maximum Gasteiger partial charge on any atom is 0.255 e. The van der Waals surface area contributed by atoms with Crippen LogP contribution < -0.4 is 5.32 Å². The Labute approximate surface area is 114 Å². The van der Waals surface area contributed by atoms with Gasteiger partial charge in [0.2, 0.25) is 5.95 Å². The summed E-state index contributed by atoms with van der Waals surface area (Å²) in [5, 5.41) is 2.38. The van der Waals surface area contributed by atoms with Crippen LogP contribution in [0, 0.1) is 5.95 Å². The van der Waals surface area contributed by atoms with Gasteiger partial charge in [-0.05, 0) is 18.2 Å². The summed E-state index contributed by atoms with van der Waals surface area (Å²) < 4.78 is 35.3. The maximum atomic E-state index is 12.9. The molecule has 0 aromatic carbocycles. The molecule has 0 aliphatic carbocycles. The van der Waals surface area contributed by atoms with E-state index in [9.17, 15) is 17.6 Å². The maximum absolute atomic E-state index is 12.9. The monoisotopic (exact) mass is 295 g/mol. The van der Waals surface area contributed by atoms with Gasteiger partial charge in [0, 0.05) is 24.1 Å². The minimum atomic E-state index is -3.39. The lowest BCUT2D eigenvalue weighted by atomic mass is 10.2. The Kier molecular flexibility index (Phi) is 3.75. The zero-order valence-corrected chi connectivity index (χ0v) is 11.2. The van der Waals surface area contributed by atoms with Crippen LogP contribution >= 0.6 is 0 Å². The van der Waals surface area contributed by atoms with E-state index in [4.69, 9.17) is 0 Å². The zero-order valence-electron chi connectivity index (χ0n) is 10.4. The highest BCUT2D eigenvalue weighted by Gasteiger charge is 2.10. The summed E-state index contributed by atoms with van der Waals surface area (Å²) in [6.07, 6.45) is 3.43. The molecular formula is C12H10FN3O3S. The molecule has 0 aliphatic rings. The highest BCUT2D eigenvalue weighted by atomic mass is 32.2. The highest BCUT2D eigenvalue weighted by Crippen LogP contribution is 2.12. The topological polar surface area (TPSA) is 89.0 Å². The van der Waals surface area contributed by atoms with Crippen LogP contribution in [0.5, 0.6) is 0 Å². The van der Waals surface area contributed by atoms with E-state index in [0.29, 0.717) is 5.69 Å². The fraction of sp³-hybridized carbons (Fsp3) is 0.0833. The first-order valence-corrected chi connectivity index (χ1v) is 7.34. The van der Waals surface area contributed by atoms with Crippen molar-refractivity contribution in [3.8, 4) is 0 Å². The van der Waals surface area contributed by atoms with Crippen molar-refractivity contribution >= 4 is 21.4 Å². The summed E-state index contributed by atoms with van der Waals surface area (Å²) >= 11 is 0. The van der Waals surface area contributed by atoms with Crippen LogP contribution in [0.15, 0.2) is 41.7 Å². The van der Waals surface area contributed by atoms with E-state index in [0.717, 1.165) is 12.3 Å². The van der Waals surface area contributed by atoms with Crippen molar-refractivity contribution in [2.75, 3.05) is 11.6 Å². The van der Waals surface area contributed by atoms with Crippen molar-refractivity contribution in [2.24, 2.45) is 0 Å². The molecule has 0 spiro atoms. The molecule has 2 heterocycles. The predicted molar refractivity (Wildman–Crippen MR) is 69.5 cm³/mol. The van der Waals surface area contributed by atoms with Crippen LogP contribution in [0.2, 0.25) is 0 Å². The van der Waals surface area contributed by atoms with Crippen LogP contribution in [0.4, 0.5) is 10.1 Å². The summed E-state index contributed by atoms with van der Waals surface area (Å²) in [5.74, 6) is -1.30. The number of carbonyl (C=O) groups is 1. The number of aromatic nitrogens is 2. The standard InChI is InChI=1S/C12H10FN3O3S/c1-20(18,19)11-3-2-9(7-15-11)16-12(17)8-4-5-14-10(13)6-8/h2-7H,1H3,(H,16,17). The van der Waals surface area contributed by atoms with Gasteiger partial charge in [-0.25, -0.2) is 18.4 Å². The summed E-state index contributed by atoms with van der Waals surface area (Å²) in [6.45, 7) is 0. The zero-order chi connectivity index (χ0) is 14.8. The van der Waals surface area contributed by atoms with E-state index in [-0.39, 0.29) is 10.6 Å². The van der Waals surface area contributed by atoms with Gasteiger partial charge in [0.1, 0.15) is 0 Å². The molecule has 0 saturated carbocycles. The fourth-order valence-electron chi connectivity index (χ4n) is 1.42. The first-order chi connectivity index (χ1) is 9.36. The van der Waals surface area contributed by atoms with Crippen molar-refractivity contribution in [1.29, 1.82) is 0 Å². The number of halogens is 1. The quantitative estimate of drug-likeness (QED) is 0.861. The number of nitrogens with one attached hydrogen (secondary N) is 1. The second kappa shape index (κ2) is 5.33. The van der Waals surface area contributed by atoms with E-state index < -0.39 is 21.7 Å². The average Bonchev–Trinajstić information content (AvgIpc) is 2.38. The van der Waals surface area contributed by atoms with Gasteiger partial charge >= 0.3 is 0 Å². The van der Waals surface area contributed by atoms with Crippen LogP contribution in [-0.2, 0) is 9.84 Å². The van der Waals surface area contributed by atoms with E-state index in [1.54, 1.807) is 0 Å². The Bertz CT molecular complexity index is 745. The van der Waals surface area contributed by atoms with Gasteiger partial charge in [-0.3, -0.25) is 4.79 Å². The van der Waals surface area contributed by atoms with Gasteiger partial charge in [-0.15, -0.1) is 0 Å². The molecular weight excluding hydrogens is 285 g/mol.